The van der Waals surface area contributed by atoms with Crippen LogP contribution in [0.2, 0.25) is 0 Å². The van der Waals surface area contributed by atoms with Gasteiger partial charge in [0.15, 0.2) is 0 Å². The standard InChI is InChI=1S/C21H21N3O2/c1-16-15-26-21(22-16)13-12-20(25)23-18-10-6-7-11-19(18)24(2)14-17-8-4-3-5-9-17/h3-13,15H,14H2,1-2H3,(H,23,25). The van der Waals surface area contributed by atoms with Crippen molar-refractivity contribution in [2.45, 2.75) is 13.5 Å². The van der Waals surface area contributed by atoms with E-state index < -0.39 is 0 Å². The van der Waals surface area contributed by atoms with Crippen LogP contribution in [0.1, 0.15) is 17.1 Å². The summed E-state index contributed by atoms with van der Waals surface area (Å²) in [5, 5.41) is 2.92. The summed E-state index contributed by atoms with van der Waals surface area (Å²) >= 11 is 0. The van der Waals surface area contributed by atoms with Gasteiger partial charge in [-0.1, -0.05) is 42.5 Å². The molecule has 0 fully saturated rings. The van der Waals surface area contributed by atoms with E-state index in [-0.39, 0.29) is 5.91 Å². The summed E-state index contributed by atoms with van der Waals surface area (Å²) in [6.45, 7) is 2.58. The molecule has 5 heteroatoms. The Bertz CT molecular complexity index is 900. The molecule has 0 aliphatic heterocycles. The summed E-state index contributed by atoms with van der Waals surface area (Å²) in [5.74, 6) is 0.175. The van der Waals surface area contributed by atoms with Gasteiger partial charge in [0, 0.05) is 25.7 Å². The van der Waals surface area contributed by atoms with E-state index in [1.165, 1.54) is 11.6 Å². The molecule has 0 spiro atoms. The van der Waals surface area contributed by atoms with Crippen molar-refractivity contribution in [3.63, 3.8) is 0 Å². The SMILES string of the molecule is Cc1coc(C=CC(=O)Nc2ccccc2N(C)Cc2ccccc2)n1. The van der Waals surface area contributed by atoms with E-state index in [9.17, 15) is 4.79 Å². The van der Waals surface area contributed by atoms with E-state index in [0.717, 1.165) is 23.6 Å². The molecule has 0 bridgehead atoms. The molecule has 3 rings (SSSR count). The summed E-state index contributed by atoms with van der Waals surface area (Å²) in [4.78, 5) is 18.5. The second kappa shape index (κ2) is 8.16. The average molecular weight is 347 g/mol. The number of aromatic nitrogens is 1. The molecule has 0 aliphatic carbocycles. The minimum atomic E-state index is -0.235. The molecule has 1 amide bonds. The second-order valence-corrected chi connectivity index (χ2v) is 6.01. The molecule has 0 aliphatic rings. The van der Waals surface area contributed by atoms with E-state index in [1.54, 1.807) is 12.3 Å². The highest BCUT2D eigenvalue weighted by Crippen LogP contribution is 2.26. The van der Waals surface area contributed by atoms with Crippen LogP contribution in [0.4, 0.5) is 11.4 Å². The fourth-order valence-corrected chi connectivity index (χ4v) is 2.62. The third-order valence-corrected chi connectivity index (χ3v) is 3.85. The minimum absolute atomic E-state index is 0.235. The van der Waals surface area contributed by atoms with Crippen LogP contribution < -0.4 is 10.2 Å². The monoisotopic (exact) mass is 347 g/mol. The van der Waals surface area contributed by atoms with Crippen LogP contribution in [0.3, 0.4) is 0 Å². The fraction of sp³-hybridized carbons (Fsp3) is 0.143. The maximum absolute atomic E-state index is 12.2. The lowest BCUT2D eigenvalue weighted by Crippen LogP contribution is -2.19. The van der Waals surface area contributed by atoms with Crippen molar-refractivity contribution in [1.82, 2.24) is 4.98 Å². The summed E-state index contributed by atoms with van der Waals surface area (Å²) in [6.07, 6.45) is 4.52. The number of carbonyl (C=O) groups is 1. The molecule has 132 valence electrons. The van der Waals surface area contributed by atoms with Gasteiger partial charge in [0.25, 0.3) is 0 Å². The van der Waals surface area contributed by atoms with Gasteiger partial charge in [0.2, 0.25) is 11.8 Å². The fourth-order valence-electron chi connectivity index (χ4n) is 2.62. The lowest BCUT2D eigenvalue weighted by atomic mass is 10.2. The van der Waals surface area contributed by atoms with Crippen molar-refractivity contribution in [3.8, 4) is 0 Å². The molecule has 0 radical (unpaired) electrons. The Balaban J connectivity index is 1.70. The minimum Gasteiger partial charge on any atom is -0.445 e. The van der Waals surface area contributed by atoms with Crippen LogP contribution in [-0.2, 0) is 11.3 Å². The Hall–Kier alpha value is -3.34. The first-order valence-electron chi connectivity index (χ1n) is 8.37. The first-order chi connectivity index (χ1) is 12.6. The largest absolute Gasteiger partial charge is 0.445 e. The van der Waals surface area contributed by atoms with Gasteiger partial charge in [-0.25, -0.2) is 4.98 Å². The predicted molar refractivity (Wildman–Crippen MR) is 104 cm³/mol. The maximum Gasteiger partial charge on any atom is 0.248 e. The van der Waals surface area contributed by atoms with Crippen molar-refractivity contribution >= 4 is 23.4 Å². The van der Waals surface area contributed by atoms with Gasteiger partial charge in [-0.15, -0.1) is 0 Å². The summed E-state index contributed by atoms with van der Waals surface area (Å²) < 4.78 is 5.21. The van der Waals surface area contributed by atoms with E-state index in [1.807, 2.05) is 56.4 Å². The van der Waals surface area contributed by atoms with Crippen molar-refractivity contribution < 1.29 is 9.21 Å². The molecule has 1 aromatic heterocycles. The van der Waals surface area contributed by atoms with Crippen LogP contribution in [0.15, 0.2) is 71.4 Å². The molecule has 26 heavy (non-hydrogen) atoms. The molecule has 1 N–H and O–H groups in total. The Kier molecular flexibility index (Phi) is 5.49. The van der Waals surface area contributed by atoms with E-state index in [0.29, 0.717) is 5.89 Å². The molecule has 3 aromatic rings. The normalized spacial score (nSPS) is 10.8. The number of para-hydroxylation sites is 2. The third kappa shape index (κ3) is 4.60. The van der Waals surface area contributed by atoms with Gasteiger partial charge in [0.1, 0.15) is 6.26 Å². The van der Waals surface area contributed by atoms with Crippen molar-refractivity contribution in [1.29, 1.82) is 0 Å². The number of hydrogen-bond acceptors (Lipinski definition) is 4. The Morgan fingerprint density at radius 2 is 1.88 bits per heavy atom. The first kappa shape index (κ1) is 17.5. The highest BCUT2D eigenvalue weighted by Gasteiger charge is 2.09. The Morgan fingerprint density at radius 1 is 1.15 bits per heavy atom. The first-order valence-corrected chi connectivity index (χ1v) is 8.37. The number of rotatable bonds is 6. The molecular weight excluding hydrogens is 326 g/mol. The molecule has 0 saturated carbocycles. The number of aryl methyl sites for hydroxylation is 1. The van der Waals surface area contributed by atoms with Gasteiger partial charge in [-0.2, -0.15) is 0 Å². The van der Waals surface area contributed by atoms with E-state index in [2.05, 4.69) is 27.3 Å². The van der Waals surface area contributed by atoms with Crippen LogP contribution >= 0.6 is 0 Å². The van der Waals surface area contributed by atoms with Crippen molar-refractivity contribution in [3.05, 3.63) is 84.1 Å². The molecule has 1 heterocycles. The van der Waals surface area contributed by atoms with E-state index in [4.69, 9.17) is 4.42 Å². The van der Waals surface area contributed by atoms with Crippen LogP contribution in [0.5, 0.6) is 0 Å². The zero-order valence-corrected chi connectivity index (χ0v) is 14.8. The number of nitrogens with zero attached hydrogens (tertiary/aromatic N) is 2. The number of benzene rings is 2. The van der Waals surface area contributed by atoms with Gasteiger partial charge in [-0.05, 0) is 24.6 Å². The number of nitrogens with one attached hydrogen (secondary N) is 1. The lowest BCUT2D eigenvalue weighted by Gasteiger charge is -2.22. The second-order valence-electron chi connectivity index (χ2n) is 6.01. The van der Waals surface area contributed by atoms with Gasteiger partial charge >= 0.3 is 0 Å². The van der Waals surface area contributed by atoms with Crippen LogP contribution in [0.25, 0.3) is 6.08 Å². The molecular formula is C21H21N3O2. The molecule has 0 atom stereocenters. The summed E-state index contributed by atoms with van der Waals surface area (Å²) in [7, 11) is 2.00. The number of hydrogen-bond donors (Lipinski definition) is 1. The smallest absolute Gasteiger partial charge is 0.248 e. The maximum atomic E-state index is 12.2. The van der Waals surface area contributed by atoms with E-state index >= 15 is 0 Å². The average Bonchev–Trinajstić information content (AvgIpc) is 3.06. The quantitative estimate of drug-likeness (QED) is 0.677. The third-order valence-electron chi connectivity index (χ3n) is 3.85. The number of oxazole rings is 1. The summed E-state index contributed by atoms with van der Waals surface area (Å²) in [6, 6.07) is 17.9. The zero-order valence-electron chi connectivity index (χ0n) is 14.8. The van der Waals surface area contributed by atoms with Gasteiger partial charge in [-0.3, -0.25) is 4.79 Å². The van der Waals surface area contributed by atoms with Gasteiger partial charge in [0.05, 0.1) is 17.1 Å². The number of amides is 1. The highest BCUT2D eigenvalue weighted by atomic mass is 16.3. The van der Waals surface area contributed by atoms with Crippen LogP contribution in [-0.4, -0.2) is 17.9 Å². The van der Waals surface area contributed by atoms with Crippen LogP contribution in [0, 0.1) is 6.92 Å². The number of carbonyl (C=O) groups excluding carboxylic acids is 1. The topological polar surface area (TPSA) is 58.4 Å². The highest BCUT2D eigenvalue weighted by molar-refractivity contribution is 6.03. The zero-order chi connectivity index (χ0) is 18.4. The molecule has 0 unspecified atom stereocenters. The molecule has 2 aromatic carbocycles. The molecule has 0 saturated heterocycles. The number of anilines is 2. The Morgan fingerprint density at radius 3 is 2.62 bits per heavy atom. The summed E-state index contributed by atoms with van der Waals surface area (Å²) in [5.41, 5.74) is 3.68. The lowest BCUT2D eigenvalue weighted by molar-refractivity contribution is -0.111. The van der Waals surface area contributed by atoms with Crippen molar-refractivity contribution in [2.24, 2.45) is 0 Å². The van der Waals surface area contributed by atoms with Gasteiger partial charge < -0.3 is 14.6 Å². The van der Waals surface area contributed by atoms with Crippen molar-refractivity contribution in [2.75, 3.05) is 17.3 Å². The predicted octanol–water partition coefficient (Wildman–Crippen LogP) is 4.27. The Labute approximate surface area is 153 Å². The molecule has 5 nitrogen and oxygen atoms in total.